The first-order valence-corrected chi connectivity index (χ1v) is 6.13. The van der Waals surface area contributed by atoms with E-state index >= 15 is 0 Å². The van der Waals surface area contributed by atoms with Crippen LogP contribution in [0, 0.1) is 0 Å². The predicted octanol–water partition coefficient (Wildman–Crippen LogP) is 2.47. The third-order valence-electron chi connectivity index (χ3n) is 2.75. The Labute approximate surface area is 107 Å². The highest BCUT2D eigenvalue weighted by Crippen LogP contribution is 2.27. The first-order valence-electron chi connectivity index (χ1n) is 6.13. The Morgan fingerprint density at radius 1 is 1.33 bits per heavy atom. The zero-order valence-electron chi connectivity index (χ0n) is 10.9. The van der Waals surface area contributed by atoms with E-state index in [4.69, 9.17) is 9.15 Å². The molecule has 1 aromatic heterocycles. The first-order chi connectivity index (χ1) is 8.60. The molecule has 1 heterocycles. The van der Waals surface area contributed by atoms with Crippen LogP contribution in [-0.2, 0) is 0 Å². The molecule has 0 saturated heterocycles. The summed E-state index contributed by atoms with van der Waals surface area (Å²) in [6, 6.07) is 7.55. The minimum Gasteiger partial charge on any atom is -0.489 e. The number of furan rings is 1. The fraction of sp³-hybridized carbons (Fsp3) is 0.429. The smallest absolute Gasteiger partial charge is 0.138 e. The molecule has 4 nitrogen and oxygen atoms in total. The van der Waals surface area contributed by atoms with E-state index in [0.29, 0.717) is 5.76 Å². The number of hydrogen-bond acceptors (Lipinski definition) is 4. The lowest BCUT2D eigenvalue weighted by Crippen LogP contribution is -2.25. The van der Waals surface area contributed by atoms with E-state index in [0.717, 1.165) is 23.3 Å². The molecule has 2 N–H and O–H groups in total. The minimum absolute atomic E-state index is 0.0960. The maximum absolute atomic E-state index is 9.48. The summed E-state index contributed by atoms with van der Waals surface area (Å²) >= 11 is 0. The summed E-state index contributed by atoms with van der Waals surface area (Å²) < 4.78 is 11.3. The first kappa shape index (κ1) is 12.9. The predicted molar refractivity (Wildman–Crippen MR) is 70.9 cm³/mol. The van der Waals surface area contributed by atoms with E-state index in [1.807, 2.05) is 38.2 Å². The summed E-state index contributed by atoms with van der Waals surface area (Å²) in [5.74, 6) is 1.35. The molecule has 98 valence electrons. The van der Waals surface area contributed by atoms with Gasteiger partial charge in [0.15, 0.2) is 0 Å². The molecule has 0 fully saturated rings. The van der Waals surface area contributed by atoms with Gasteiger partial charge in [-0.15, -0.1) is 0 Å². The fourth-order valence-electron chi connectivity index (χ4n) is 1.87. The third kappa shape index (κ3) is 2.83. The lowest BCUT2D eigenvalue weighted by molar-refractivity contribution is 0.172. The normalized spacial score (nSPS) is 14.7. The van der Waals surface area contributed by atoms with Crippen LogP contribution in [0.4, 0.5) is 0 Å². The number of ether oxygens (including phenoxy) is 1. The number of likely N-dealkylation sites (N-methyl/N-ethyl adjacent to an activating group) is 1. The molecule has 2 rings (SSSR count). The molecule has 0 aliphatic rings. The van der Waals surface area contributed by atoms with Crippen LogP contribution < -0.4 is 10.1 Å². The fourth-order valence-corrected chi connectivity index (χ4v) is 1.87. The summed E-state index contributed by atoms with van der Waals surface area (Å²) in [5.41, 5.74) is 0.736. The number of fused-ring (bicyclic) bond motifs is 1. The number of nitrogens with one attached hydrogen (secondary N) is 1. The van der Waals surface area contributed by atoms with Crippen LogP contribution in [0.15, 0.2) is 28.7 Å². The van der Waals surface area contributed by atoms with Crippen molar-refractivity contribution in [3.05, 3.63) is 30.0 Å². The molecule has 0 aliphatic carbocycles. The van der Waals surface area contributed by atoms with Crippen LogP contribution in [0.1, 0.15) is 25.7 Å². The van der Waals surface area contributed by atoms with Gasteiger partial charge in [0.25, 0.3) is 0 Å². The summed E-state index contributed by atoms with van der Waals surface area (Å²) in [6.45, 7) is 4.48. The van der Waals surface area contributed by atoms with E-state index in [-0.39, 0.29) is 6.10 Å². The Bertz CT molecular complexity index is 519. The molecule has 0 bridgehead atoms. The standard InChI is InChI=1S/C14H19NO3/c1-9(8-15-3)17-12-5-4-11-6-13(10(2)16)18-14(11)7-12/h4-7,9-10,15-16H,8H2,1-3H3/t9-,10?/m1/s1. The molecule has 0 radical (unpaired) electrons. The van der Waals surface area contributed by atoms with Gasteiger partial charge in [-0.2, -0.15) is 0 Å². The highest BCUT2D eigenvalue weighted by Gasteiger charge is 2.10. The lowest BCUT2D eigenvalue weighted by Gasteiger charge is -2.13. The number of hydrogen-bond donors (Lipinski definition) is 2. The maximum atomic E-state index is 9.48. The van der Waals surface area contributed by atoms with Crippen molar-refractivity contribution in [2.75, 3.05) is 13.6 Å². The van der Waals surface area contributed by atoms with Gasteiger partial charge in [-0.3, -0.25) is 0 Å². The van der Waals surface area contributed by atoms with Crippen molar-refractivity contribution in [3.8, 4) is 5.75 Å². The van der Waals surface area contributed by atoms with Crippen LogP contribution in [0.25, 0.3) is 11.0 Å². The van der Waals surface area contributed by atoms with Gasteiger partial charge in [-0.05, 0) is 39.1 Å². The Hall–Kier alpha value is -1.52. The average molecular weight is 249 g/mol. The van der Waals surface area contributed by atoms with Crippen molar-refractivity contribution >= 4 is 11.0 Å². The lowest BCUT2D eigenvalue weighted by atomic mass is 10.2. The second kappa shape index (κ2) is 5.42. The van der Waals surface area contributed by atoms with Crippen molar-refractivity contribution < 1.29 is 14.3 Å². The third-order valence-corrected chi connectivity index (χ3v) is 2.75. The van der Waals surface area contributed by atoms with E-state index in [1.165, 1.54) is 0 Å². The molecule has 4 heteroatoms. The van der Waals surface area contributed by atoms with Crippen LogP contribution in [0.3, 0.4) is 0 Å². The van der Waals surface area contributed by atoms with Crippen molar-refractivity contribution in [3.63, 3.8) is 0 Å². The maximum Gasteiger partial charge on any atom is 0.138 e. The minimum atomic E-state index is -0.593. The molecule has 0 amide bonds. The van der Waals surface area contributed by atoms with E-state index in [1.54, 1.807) is 6.92 Å². The summed E-state index contributed by atoms with van der Waals surface area (Å²) in [5, 5.41) is 13.5. The second-order valence-corrected chi connectivity index (χ2v) is 4.51. The van der Waals surface area contributed by atoms with Gasteiger partial charge >= 0.3 is 0 Å². The molecule has 2 aromatic rings. The Morgan fingerprint density at radius 2 is 2.11 bits per heavy atom. The van der Waals surface area contributed by atoms with Gasteiger partial charge in [0.1, 0.15) is 29.3 Å². The summed E-state index contributed by atoms with van der Waals surface area (Å²) in [7, 11) is 1.89. The van der Waals surface area contributed by atoms with Gasteiger partial charge in [0.05, 0.1) is 0 Å². The molecule has 0 spiro atoms. The topological polar surface area (TPSA) is 54.6 Å². The largest absolute Gasteiger partial charge is 0.489 e. The van der Waals surface area contributed by atoms with Crippen molar-refractivity contribution in [1.29, 1.82) is 0 Å². The van der Waals surface area contributed by atoms with Crippen LogP contribution >= 0.6 is 0 Å². The Kier molecular flexibility index (Phi) is 3.89. The SMILES string of the molecule is CNC[C@@H](C)Oc1ccc2cc(C(C)O)oc2c1. The van der Waals surface area contributed by atoms with Crippen LogP contribution in [0.5, 0.6) is 5.75 Å². The molecule has 1 aromatic carbocycles. The van der Waals surface area contributed by atoms with E-state index in [9.17, 15) is 5.11 Å². The monoisotopic (exact) mass is 249 g/mol. The molecule has 0 aliphatic heterocycles. The quantitative estimate of drug-likeness (QED) is 0.854. The van der Waals surface area contributed by atoms with Gasteiger partial charge in [-0.25, -0.2) is 0 Å². The average Bonchev–Trinajstić information content (AvgIpc) is 2.72. The molecule has 2 atom stereocenters. The van der Waals surface area contributed by atoms with Crippen molar-refractivity contribution in [2.45, 2.75) is 26.1 Å². The number of rotatable bonds is 5. The molecular weight excluding hydrogens is 230 g/mol. The highest BCUT2D eigenvalue weighted by atomic mass is 16.5. The van der Waals surface area contributed by atoms with Crippen LogP contribution in [0.2, 0.25) is 0 Å². The number of aliphatic hydroxyl groups is 1. The highest BCUT2D eigenvalue weighted by molar-refractivity contribution is 5.79. The van der Waals surface area contributed by atoms with Gasteiger partial charge in [0.2, 0.25) is 0 Å². The van der Waals surface area contributed by atoms with Crippen LogP contribution in [-0.4, -0.2) is 24.8 Å². The van der Waals surface area contributed by atoms with Gasteiger partial charge in [0, 0.05) is 18.0 Å². The zero-order valence-corrected chi connectivity index (χ0v) is 10.9. The number of benzene rings is 1. The van der Waals surface area contributed by atoms with Crippen molar-refractivity contribution in [2.24, 2.45) is 0 Å². The van der Waals surface area contributed by atoms with E-state index < -0.39 is 6.10 Å². The van der Waals surface area contributed by atoms with Gasteiger partial charge < -0.3 is 19.6 Å². The van der Waals surface area contributed by atoms with E-state index in [2.05, 4.69) is 5.32 Å². The molecule has 1 unspecified atom stereocenters. The summed E-state index contributed by atoms with van der Waals surface area (Å²) in [6.07, 6.45) is -0.497. The van der Waals surface area contributed by atoms with Crippen molar-refractivity contribution in [1.82, 2.24) is 5.32 Å². The number of aliphatic hydroxyl groups excluding tert-OH is 1. The Balaban J connectivity index is 2.21. The Morgan fingerprint density at radius 3 is 2.78 bits per heavy atom. The zero-order chi connectivity index (χ0) is 13.1. The molecular formula is C14H19NO3. The summed E-state index contributed by atoms with van der Waals surface area (Å²) in [4.78, 5) is 0. The molecule has 18 heavy (non-hydrogen) atoms. The molecule has 0 saturated carbocycles. The second-order valence-electron chi connectivity index (χ2n) is 4.51. The van der Waals surface area contributed by atoms with Gasteiger partial charge in [-0.1, -0.05) is 0 Å².